The average molecular weight is 278 g/mol. The first kappa shape index (κ1) is 17.2. The first-order valence-electron chi connectivity index (χ1n) is 7.65. The highest BCUT2D eigenvalue weighted by Gasteiger charge is 2.19. The molecule has 20 heavy (non-hydrogen) atoms. The maximum absolute atomic E-state index is 5.30. The van der Waals surface area contributed by atoms with E-state index >= 15 is 0 Å². The molecular weight excluding hydrogens is 248 g/mol. The van der Waals surface area contributed by atoms with Crippen LogP contribution in [0.1, 0.15) is 37.9 Å². The molecule has 114 valence electrons. The van der Waals surface area contributed by atoms with Crippen LogP contribution in [-0.2, 0) is 4.74 Å². The molecular formula is C17H30N2O. The van der Waals surface area contributed by atoms with E-state index in [1.54, 1.807) is 7.11 Å². The molecule has 1 rings (SSSR count). The second-order valence-corrected chi connectivity index (χ2v) is 5.36. The molecule has 2 atom stereocenters. The minimum Gasteiger partial charge on any atom is -0.383 e. The van der Waals surface area contributed by atoms with Crippen LogP contribution in [0.5, 0.6) is 0 Å². The van der Waals surface area contributed by atoms with Crippen LogP contribution in [0.15, 0.2) is 24.3 Å². The predicted octanol–water partition coefficient (Wildman–Crippen LogP) is 3.00. The van der Waals surface area contributed by atoms with Crippen LogP contribution >= 0.6 is 0 Å². The van der Waals surface area contributed by atoms with E-state index < -0.39 is 0 Å². The van der Waals surface area contributed by atoms with E-state index in [4.69, 9.17) is 4.74 Å². The van der Waals surface area contributed by atoms with Crippen LogP contribution < -0.4 is 5.32 Å². The monoisotopic (exact) mass is 278 g/mol. The van der Waals surface area contributed by atoms with E-state index in [1.165, 1.54) is 11.1 Å². The van der Waals surface area contributed by atoms with E-state index in [9.17, 15) is 0 Å². The van der Waals surface area contributed by atoms with Gasteiger partial charge >= 0.3 is 0 Å². The van der Waals surface area contributed by atoms with Crippen LogP contribution in [0.4, 0.5) is 0 Å². The molecule has 0 saturated carbocycles. The minimum absolute atomic E-state index is 0.375. The van der Waals surface area contributed by atoms with Gasteiger partial charge in [0, 0.05) is 25.7 Å². The van der Waals surface area contributed by atoms with Gasteiger partial charge in [-0.1, -0.05) is 38.1 Å². The van der Waals surface area contributed by atoms with Gasteiger partial charge in [-0.15, -0.1) is 0 Å². The molecule has 0 fully saturated rings. The van der Waals surface area contributed by atoms with Crippen molar-refractivity contribution >= 4 is 0 Å². The van der Waals surface area contributed by atoms with Crippen LogP contribution in [0.25, 0.3) is 0 Å². The maximum Gasteiger partial charge on any atom is 0.0615 e. The summed E-state index contributed by atoms with van der Waals surface area (Å²) < 4.78 is 5.30. The Labute approximate surface area is 124 Å². The summed E-state index contributed by atoms with van der Waals surface area (Å²) in [5, 5.41) is 3.62. The minimum atomic E-state index is 0.375. The lowest BCUT2D eigenvalue weighted by molar-refractivity contribution is 0.0957. The van der Waals surface area contributed by atoms with Gasteiger partial charge in [-0.2, -0.15) is 0 Å². The van der Waals surface area contributed by atoms with Gasteiger partial charge in [-0.3, -0.25) is 4.90 Å². The molecule has 0 radical (unpaired) electrons. The van der Waals surface area contributed by atoms with Gasteiger partial charge in [-0.25, -0.2) is 0 Å². The molecule has 3 heteroatoms. The number of benzene rings is 1. The van der Waals surface area contributed by atoms with Crippen LogP contribution in [0.3, 0.4) is 0 Å². The molecule has 0 aliphatic rings. The van der Waals surface area contributed by atoms with Crippen LogP contribution in [0, 0.1) is 6.92 Å². The second-order valence-electron chi connectivity index (χ2n) is 5.36. The van der Waals surface area contributed by atoms with Gasteiger partial charge in [0.15, 0.2) is 0 Å². The van der Waals surface area contributed by atoms with Gasteiger partial charge < -0.3 is 10.1 Å². The maximum atomic E-state index is 5.30. The normalized spacial score (nSPS) is 14.5. The van der Waals surface area contributed by atoms with E-state index in [1.807, 2.05) is 0 Å². The predicted molar refractivity (Wildman–Crippen MR) is 86.2 cm³/mol. The van der Waals surface area contributed by atoms with Crippen molar-refractivity contribution in [1.29, 1.82) is 0 Å². The zero-order valence-corrected chi connectivity index (χ0v) is 13.6. The Morgan fingerprint density at radius 3 is 2.50 bits per heavy atom. The molecule has 1 aromatic rings. The lowest BCUT2D eigenvalue weighted by Gasteiger charge is -2.32. The van der Waals surface area contributed by atoms with E-state index in [2.05, 4.69) is 62.2 Å². The second kappa shape index (κ2) is 9.11. The largest absolute Gasteiger partial charge is 0.383 e. The fourth-order valence-electron chi connectivity index (χ4n) is 2.70. The van der Waals surface area contributed by atoms with Crippen molar-refractivity contribution in [3.8, 4) is 0 Å². The van der Waals surface area contributed by atoms with Gasteiger partial charge in [0.05, 0.1) is 6.61 Å². The number of nitrogens with one attached hydrogen (secondary N) is 1. The number of aryl methyl sites for hydroxylation is 1. The molecule has 0 heterocycles. The van der Waals surface area contributed by atoms with Crippen molar-refractivity contribution in [2.24, 2.45) is 0 Å². The Hall–Kier alpha value is -0.900. The molecule has 0 amide bonds. The molecule has 3 nitrogen and oxygen atoms in total. The van der Waals surface area contributed by atoms with Gasteiger partial charge in [0.2, 0.25) is 0 Å². The summed E-state index contributed by atoms with van der Waals surface area (Å²) in [4.78, 5) is 2.48. The molecule has 0 aliphatic heterocycles. The Morgan fingerprint density at radius 1 is 1.25 bits per heavy atom. The smallest absolute Gasteiger partial charge is 0.0615 e. The number of ether oxygens (including phenoxy) is 1. The summed E-state index contributed by atoms with van der Waals surface area (Å²) in [6.07, 6.45) is 0. The summed E-state index contributed by atoms with van der Waals surface area (Å²) in [6, 6.07) is 9.47. The summed E-state index contributed by atoms with van der Waals surface area (Å²) in [6.45, 7) is 12.6. The number of hydrogen-bond donors (Lipinski definition) is 1. The Kier molecular flexibility index (Phi) is 7.82. The number of nitrogens with zero attached hydrogens (tertiary/aromatic N) is 1. The lowest BCUT2D eigenvalue weighted by Crippen LogP contribution is -2.42. The molecule has 0 saturated heterocycles. The third-order valence-corrected chi connectivity index (χ3v) is 3.87. The summed E-state index contributed by atoms with van der Waals surface area (Å²) in [5.74, 6) is 0. The third kappa shape index (κ3) is 4.89. The Bertz CT molecular complexity index is 381. The Morgan fingerprint density at radius 2 is 1.95 bits per heavy atom. The molecule has 0 bridgehead atoms. The molecule has 1 aromatic carbocycles. The van der Waals surface area contributed by atoms with Crippen molar-refractivity contribution in [1.82, 2.24) is 10.2 Å². The standard InChI is InChI=1S/C17H30N2O/c1-6-18-17(16-11-9-8-10-14(16)3)12-19(7-2)15(4)13-20-5/h8-11,15,17-18H,6-7,12-13H2,1-5H3. The highest BCUT2D eigenvalue weighted by Crippen LogP contribution is 2.19. The highest BCUT2D eigenvalue weighted by molar-refractivity contribution is 5.29. The van der Waals surface area contributed by atoms with Crippen LogP contribution in [-0.4, -0.2) is 44.3 Å². The van der Waals surface area contributed by atoms with Crippen molar-refractivity contribution in [3.63, 3.8) is 0 Å². The SMILES string of the molecule is CCNC(CN(CC)C(C)COC)c1ccccc1C. The summed E-state index contributed by atoms with van der Waals surface area (Å²) >= 11 is 0. The Balaban J connectivity index is 2.83. The molecule has 0 spiro atoms. The van der Waals surface area contributed by atoms with Crippen molar-refractivity contribution < 1.29 is 4.74 Å². The highest BCUT2D eigenvalue weighted by atomic mass is 16.5. The van der Waals surface area contributed by atoms with Crippen LogP contribution in [0.2, 0.25) is 0 Å². The van der Waals surface area contributed by atoms with E-state index in [-0.39, 0.29) is 0 Å². The first-order valence-corrected chi connectivity index (χ1v) is 7.65. The number of methoxy groups -OCH3 is 1. The van der Waals surface area contributed by atoms with E-state index in [0.717, 1.165) is 26.2 Å². The van der Waals surface area contributed by atoms with Gasteiger partial charge in [0.25, 0.3) is 0 Å². The zero-order valence-electron chi connectivity index (χ0n) is 13.6. The number of hydrogen-bond acceptors (Lipinski definition) is 3. The van der Waals surface area contributed by atoms with Gasteiger partial charge in [-0.05, 0) is 38.1 Å². The fourth-order valence-corrected chi connectivity index (χ4v) is 2.70. The van der Waals surface area contributed by atoms with Gasteiger partial charge in [0.1, 0.15) is 0 Å². The quantitative estimate of drug-likeness (QED) is 0.751. The molecule has 0 aliphatic carbocycles. The zero-order chi connectivity index (χ0) is 15.0. The number of likely N-dealkylation sites (N-methyl/N-ethyl adjacent to an activating group) is 2. The number of rotatable bonds is 9. The summed E-state index contributed by atoms with van der Waals surface area (Å²) in [5.41, 5.74) is 2.76. The summed E-state index contributed by atoms with van der Waals surface area (Å²) in [7, 11) is 1.77. The average Bonchev–Trinajstić information content (AvgIpc) is 2.44. The van der Waals surface area contributed by atoms with E-state index in [0.29, 0.717) is 12.1 Å². The topological polar surface area (TPSA) is 24.5 Å². The molecule has 1 N–H and O–H groups in total. The van der Waals surface area contributed by atoms with Crippen molar-refractivity contribution in [2.45, 2.75) is 39.8 Å². The fraction of sp³-hybridized carbons (Fsp3) is 0.647. The first-order chi connectivity index (χ1) is 9.63. The van der Waals surface area contributed by atoms with Crippen molar-refractivity contribution in [2.75, 3.05) is 33.4 Å². The molecule has 2 unspecified atom stereocenters. The third-order valence-electron chi connectivity index (χ3n) is 3.87. The van der Waals surface area contributed by atoms with Crippen molar-refractivity contribution in [3.05, 3.63) is 35.4 Å². The molecule has 0 aromatic heterocycles. The lowest BCUT2D eigenvalue weighted by atomic mass is 10.0.